The summed E-state index contributed by atoms with van der Waals surface area (Å²) in [5.41, 5.74) is 0.706. The van der Waals surface area contributed by atoms with Crippen molar-refractivity contribution in [1.82, 2.24) is 4.90 Å². The van der Waals surface area contributed by atoms with Crippen LogP contribution < -0.4 is 0 Å². The molecule has 5 nitrogen and oxygen atoms in total. The predicted molar refractivity (Wildman–Crippen MR) is 124 cm³/mol. The molecule has 0 saturated carbocycles. The molecule has 3 rings (SSSR count). The molecule has 29 heavy (non-hydrogen) atoms. The lowest BCUT2D eigenvalue weighted by molar-refractivity contribution is -0.145. The largest absolute Gasteiger partial charge is 0.480 e. The molecule has 1 saturated heterocycles. The van der Waals surface area contributed by atoms with E-state index >= 15 is 0 Å². The zero-order valence-electron chi connectivity index (χ0n) is 15.1. The highest BCUT2D eigenvalue weighted by Gasteiger charge is 2.40. The summed E-state index contributed by atoms with van der Waals surface area (Å²) in [6, 6.07) is 7.53. The SMILES string of the molecule is CSCCC(C(=O)O)N1C(=O)C(=Cc2ccc(-c3cc(Cl)cc(Cl)c3)o2)SC1=S. The maximum absolute atomic E-state index is 12.8. The van der Waals surface area contributed by atoms with Gasteiger partial charge in [-0.15, -0.1) is 0 Å². The highest BCUT2D eigenvalue weighted by molar-refractivity contribution is 8.26. The van der Waals surface area contributed by atoms with E-state index in [-0.39, 0.29) is 4.32 Å². The van der Waals surface area contributed by atoms with Crippen molar-refractivity contribution < 1.29 is 19.1 Å². The van der Waals surface area contributed by atoms with Crippen LogP contribution in [0.4, 0.5) is 0 Å². The number of aliphatic carboxylic acids is 1. The number of amides is 1. The van der Waals surface area contributed by atoms with Gasteiger partial charge in [0.25, 0.3) is 5.91 Å². The van der Waals surface area contributed by atoms with Crippen molar-refractivity contribution in [2.75, 3.05) is 12.0 Å². The number of carbonyl (C=O) groups is 2. The Kier molecular flexibility index (Phi) is 7.34. The minimum atomic E-state index is -1.07. The Hall–Kier alpha value is -1.45. The highest BCUT2D eigenvalue weighted by atomic mass is 35.5. The van der Waals surface area contributed by atoms with E-state index in [4.69, 9.17) is 39.8 Å². The summed E-state index contributed by atoms with van der Waals surface area (Å²) in [5.74, 6) is 0.0793. The van der Waals surface area contributed by atoms with Crippen molar-refractivity contribution in [2.45, 2.75) is 12.5 Å². The van der Waals surface area contributed by atoms with Gasteiger partial charge in [0.2, 0.25) is 0 Å². The predicted octanol–water partition coefficient (Wildman–Crippen LogP) is 5.66. The van der Waals surface area contributed by atoms with Gasteiger partial charge in [0.05, 0.1) is 4.91 Å². The smallest absolute Gasteiger partial charge is 0.326 e. The van der Waals surface area contributed by atoms with E-state index in [1.165, 1.54) is 16.7 Å². The van der Waals surface area contributed by atoms with Gasteiger partial charge < -0.3 is 9.52 Å². The number of carbonyl (C=O) groups excluding carboxylic acids is 1. The Bertz CT molecular complexity index is 985. The van der Waals surface area contributed by atoms with Gasteiger partial charge in [-0.1, -0.05) is 47.2 Å². The quantitative estimate of drug-likeness (QED) is 0.398. The van der Waals surface area contributed by atoms with Gasteiger partial charge >= 0.3 is 5.97 Å². The van der Waals surface area contributed by atoms with Crippen LogP contribution in [-0.2, 0) is 9.59 Å². The van der Waals surface area contributed by atoms with E-state index in [1.54, 1.807) is 36.4 Å². The van der Waals surface area contributed by atoms with Crippen LogP contribution in [0.15, 0.2) is 39.7 Å². The van der Waals surface area contributed by atoms with Gasteiger partial charge in [-0.2, -0.15) is 11.8 Å². The van der Waals surface area contributed by atoms with Crippen molar-refractivity contribution in [1.29, 1.82) is 0 Å². The van der Waals surface area contributed by atoms with E-state index in [1.807, 2.05) is 6.26 Å². The molecule has 0 spiro atoms. The number of thioether (sulfide) groups is 2. The molecule has 1 amide bonds. The molecule has 1 unspecified atom stereocenters. The van der Waals surface area contributed by atoms with Crippen molar-refractivity contribution in [3.05, 3.63) is 51.0 Å². The summed E-state index contributed by atoms with van der Waals surface area (Å²) in [7, 11) is 0. The average Bonchev–Trinajstić information content (AvgIpc) is 3.21. The van der Waals surface area contributed by atoms with Crippen LogP contribution in [0.3, 0.4) is 0 Å². The molecule has 1 fully saturated rings. The van der Waals surface area contributed by atoms with Crippen LogP contribution in [0.1, 0.15) is 12.2 Å². The summed E-state index contributed by atoms with van der Waals surface area (Å²) >= 11 is 19.9. The fraction of sp³-hybridized carbons (Fsp3) is 0.211. The molecule has 1 aromatic carbocycles. The summed E-state index contributed by atoms with van der Waals surface area (Å²) in [5, 5.41) is 10.5. The van der Waals surface area contributed by atoms with Crippen molar-refractivity contribution in [3.63, 3.8) is 0 Å². The molecule has 0 aliphatic carbocycles. The second-order valence-corrected chi connectivity index (χ2v) is 9.58. The van der Waals surface area contributed by atoms with Crippen LogP contribution in [0.25, 0.3) is 17.4 Å². The van der Waals surface area contributed by atoms with Crippen molar-refractivity contribution in [2.24, 2.45) is 0 Å². The molecule has 152 valence electrons. The second kappa shape index (κ2) is 9.57. The van der Waals surface area contributed by atoms with Crippen molar-refractivity contribution >= 4 is 81.2 Å². The molecular formula is C19H15Cl2NO4S3. The first-order valence-electron chi connectivity index (χ1n) is 8.35. The van der Waals surface area contributed by atoms with Gasteiger partial charge in [-0.25, -0.2) is 4.79 Å². The van der Waals surface area contributed by atoms with Crippen LogP contribution in [0.5, 0.6) is 0 Å². The third kappa shape index (κ3) is 5.19. The topological polar surface area (TPSA) is 70.8 Å². The first-order chi connectivity index (χ1) is 13.8. The number of carboxylic acid groups (broad SMARTS) is 1. The average molecular weight is 488 g/mol. The van der Waals surface area contributed by atoms with Crippen molar-refractivity contribution in [3.8, 4) is 11.3 Å². The number of halogens is 2. The van der Waals surface area contributed by atoms with E-state index in [0.717, 1.165) is 11.8 Å². The van der Waals surface area contributed by atoms with Crippen LogP contribution in [0, 0.1) is 0 Å². The second-order valence-electron chi connectivity index (χ2n) is 6.05. The number of thiocarbonyl (C=S) groups is 1. The molecule has 1 aromatic heterocycles. The maximum atomic E-state index is 12.8. The van der Waals surface area contributed by atoms with Crippen LogP contribution in [0.2, 0.25) is 10.0 Å². The molecule has 1 N–H and O–H groups in total. The van der Waals surface area contributed by atoms with Gasteiger partial charge in [-0.05, 0) is 48.8 Å². The third-order valence-corrected chi connectivity index (χ3v) is 6.47. The number of nitrogens with zero attached hydrogens (tertiary/aromatic N) is 1. The Morgan fingerprint density at radius 3 is 2.66 bits per heavy atom. The van der Waals surface area contributed by atoms with E-state index < -0.39 is 17.9 Å². The minimum Gasteiger partial charge on any atom is -0.480 e. The summed E-state index contributed by atoms with van der Waals surface area (Å²) in [6.45, 7) is 0. The molecule has 1 aliphatic heterocycles. The Morgan fingerprint density at radius 1 is 1.34 bits per heavy atom. The first-order valence-corrected chi connectivity index (χ1v) is 11.7. The van der Waals surface area contributed by atoms with Gasteiger partial charge in [-0.3, -0.25) is 9.69 Å². The highest BCUT2D eigenvalue weighted by Crippen LogP contribution is 2.36. The Morgan fingerprint density at radius 2 is 2.03 bits per heavy atom. The van der Waals surface area contributed by atoms with Gasteiger partial charge in [0, 0.05) is 21.7 Å². The molecule has 1 atom stereocenters. The summed E-state index contributed by atoms with van der Waals surface area (Å²) in [6.07, 6.45) is 3.75. The van der Waals surface area contributed by atoms with Crippen LogP contribution >= 0.6 is 58.9 Å². The molecule has 1 aliphatic rings. The number of hydrogen-bond acceptors (Lipinski definition) is 6. The normalized spacial score (nSPS) is 16.7. The third-order valence-electron chi connectivity index (χ3n) is 4.06. The maximum Gasteiger partial charge on any atom is 0.326 e. The molecule has 0 radical (unpaired) electrons. The molecule has 2 aromatic rings. The number of furan rings is 1. The first kappa shape index (κ1) is 22.2. The number of carboxylic acids is 1. The minimum absolute atomic E-state index is 0.225. The lowest BCUT2D eigenvalue weighted by Crippen LogP contribution is -2.44. The van der Waals surface area contributed by atoms with Gasteiger partial charge in [0.15, 0.2) is 0 Å². The zero-order chi connectivity index (χ0) is 21.1. The molecule has 2 heterocycles. The van der Waals surface area contributed by atoms with E-state index in [9.17, 15) is 14.7 Å². The summed E-state index contributed by atoms with van der Waals surface area (Å²) < 4.78 is 6.02. The van der Waals surface area contributed by atoms with Gasteiger partial charge in [0.1, 0.15) is 21.9 Å². The Labute approximate surface area is 191 Å². The Balaban J connectivity index is 1.84. The standard InChI is InChI=1S/C19H15Cl2NO4S3/c1-28-5-4-14(18(24)25)22-17(23)16(29-19(22)27)9-13-2-3-15(26-13)10-6-11(20)8-12(21)7-10/h2-3,6-9,14H,4-5H2,1H3,(H,24,25). The fourth-order valence-electron chi connectivity index (χ4n) is 2.75. The molecule has 0 bridgehead atoms. The monoisotopic (exact) mass is 487 g/mol. The van der Waals surface area contributed by atoms with E-state index in [2.05, 4.69) is 0 Å². The number of rotatable bonds is 7. The number of hydrogen-bond donors (Lipinski definition) is 1. The fourth-order valence-corrected chi connectivity index (χ4v) is 5.07. The lowest BCUT2D eigenvalue weighted by Gasteiger charge is -2.22. The zero-order valence-corrected chi connectivity index (χ0v) is 19.0. The molecular weight excluding hydrogens is 473 g/mol. The lowest BCUT2D eigenvalue weighted by atomic mass is 10.2. The van der Waals surface area contributed by atoms with E-state index in [0.29, 0.717) is 44.2 Å². The molecule has 10 heteroatoms. The summed E-state index contributed by atoms with van der Waals surface area (Å²) in [4.78, 5) is 25.9. The number of benzene rings is 1. The van der Waals surface area contributed by atoms with Crippen LogP contribution in [-0.4, -0.2) is 44.3 Å².